The van der Waals surface area contributed by atoms with Crippen LogP contribution >= 0.6 is 27.3 Å². The second-order valence-corrected chi connectivity index (χ2v) is 10.7. The summed E-state index contributed by atoms with van der Waals surface area (Å²) in [4.78, 5) is 24.6. The quantitative estimate of drug-likeness (QED) is 0.588. The van der Waals surface area contributed by atoms with Crippen molar-refractivity contribution in [2.24, 2.45) is 0 Å². The number of sulfonamides is 1. The van der Waals surface area contributed by atoms with Crippen molar-refractivity contribution in [3.8, 4) is 0 Å². The fraction of sp³-hybridized carbons (Fsp3) is 0.368. The topological polar surface area (TPSA) is 92.8 Å². The number of anilines is 1. The van der Waals surface area contributed by atoms with Gasteiger partial charge in [0.2, 0.25) is 0 Å². The van der Waals surface area contributed by atoms with E-state index in [0.717, 1.165) is 35.1 Å². The van der Waals surface area contributed by atoms with Gasteiger partial charge in [-0.05, 0) is 53.0 Å². The lowest BCUT2D eigenvalue weighted by molar-refractivity contribution is -0.146. The minimum Gasteiger partial charge on any atom is -0.455 e. The van der Waals surface area contributed by atoms with E-state index in [1.165, 1.54) is 10.4 Å². The van der Waals surface area contributed by atoms with E-state index in [2.05, 4.69) is 21.2 Å². The minimum absolute atomic E-state index is 0.0809. The van der Waals surface area contributed by atoms with Gasteiger partial charge < -0.3 is 10.1 Å². The van der Waals surface area contributed by atoms with Crippen LogP contribution in [-0.4, -0.2) is 44.3 Å². The summed E-state index contributed by atoms with van der Waals surface area (Å²) in [6.07, 6.45) is 2.70. The van der Waals surface area contributed by atoms with Crippen LogP contribution in [0, 0.1) is 0 Å². The second kappa shape index (κ2) is 9.84. The summed E-state index contributed by atoms with van der Waals surface area (Å²) >= 11 is 4.39. The first-order chi connectivity index (χ1) is 13.9. The van der Waals surface area contributed by atoms with E-state index in [1.54, 1.807) is 24.3 Å². The standard InChI is InChI=1S/C19H21BrN2O5S2/c20-15-6-2-3-7-16(15)21-17(23)13-27-18(24)12-14-8-9-19(28-14)29(25,26)22-10-4-1-5-11-22/h2-3,6-9H,1,4-5,10-13H2,(H,21,23). The summed E-state index contributed by atoms with van der Waals surface area (Å²) in [5, 5.41) is 2.64. The Labute approximate surface area is 182 Å². The van der Waals surface area contributed by atoms with Gasteiger partial charge in [0.1, 0.15) is 4.21 Å². The van der Waals surface area contributed by atoms with Crippen LogP contribution in [0.25, 0.3) is 0 Å². The van der Waals surface area contributed by atoms with Crippen molar-refractivity contribution >= 4 is 54.9 Å². The molecular formula is C19H21BrN2O5S2. The number of benzene rings is 1. The molecule has 7 nitrogen and oxygen atoms in total. The third kappa shape index (κ3) is 5.88. The highest BCUT2D eigenvalue weighted by molar-refractivity contribution is 9.10. The first-order valence-electron chi connectivity index (χ1n) is 9.15. The van der Waals surface area contributed by atoms with E-state index in [4.69, 9.17) is 4.74 Å². The van der Waals surface area contributed by atoms with E-state index in [1.807, 2.05) is 6.07 Å². The molecule has 1 aliphatic rings. The van der Waals surface area contributed by atoms with Gasteiger partial charge in [0.15, 0.2) is 6.61 Å². The van der Waals surface area contributed by atoms with Gasteiger partial charge in [0.25, 0.3) is 15.9 Å². The van der Waals surface area contributed by atoms with E-state index >= 15 is 0 Å². The maximum absolute atomic E-state index is 12.7. The summed E-state index contributed by atoms with van der Waals surface area (Å²) < 4.78 is 32.8. The van der Waals surface area contributed by atoms with Crippen LogP contribution in [0.2, 0.25) is 0 Å². The van der Waals surface area contributed by atoms with Gasteiger partial charge in [0.05, 0.1) is 12.1 Å². The number of halogens is 1. The lowest BCUT2D eigenvalue weighted by Crippen LogP contribution is -2.35. The molecular weight excluding hydrogens is 480 g/mol. The molecule has 1 N–H and O–H groups in total. The number of amides is 1. The lowest BCUT2D eigenvalue weighted by atomic mass is 10.2. The Hall–Kier alpha value is -1.75. The maximum Gasteiger partial charge on any atom is 0.311 e. The van der Waals surface area contributed by atoms with Crippen molar-refractivity contribution in [3.63, 3.8) is 0 Å². The molecule has 10 heteroatoms. The monoisotopic (exact) mass is 500 g/mol. The molecule has 1 saturated heterocycles. The van der Waals surface area contributed by atoms with Gasteiger partial charge in [-0.25, -0.2) is 8.42 Å². The molecule has 0 saturated carbocycles. The van der Waals surface area contributed by atoms with Crippen LogP contribution in [0.4, 0.5) is 5.69 Å². The molecule has 2 heterocycles. The fourth-order valence-corrected chi connectivity index (χ4v) is 6.31. The number of thiophene rings is 1. The third-order valence-corrected chi connectivity index (χ3v) is 8.52. The highest BCUT2D eigenvalue weighted by atomic mass is 79.9. The van der Waals surface area contributed by atoms with Gasteiger partial charge in [-0.15, -0.1) is 11.3 Å². The molecule has 0 unspecified atom stereocenters. The molecule has 1 fully saturated rings. The van der Waals surface area contributed by atoms with Crippen molar-refractivity contribution in [2.45, 2.75) is 29.9 Å². The van der Waals surface area contributed by atoms with Crippen molar-refractivity contribution in [1.29, 1.82) is 0 Å². The van der Waals surface area contributed by atoms with Crippen molar-refractivity contribution in [3.05, 3.63) is 45.7 Å². The van der Waals surface area contributed by atoms with Crippen LogP contribution in [0.1, 0.15) is 24.1 Å². The van der Waals surface area contributed by atoms with Gasteiger partial charge in [-0.2, -0.15) is 4.31 Å². The number of piperidine rings is 1. The van der Waals surface area contributed by atoms with E-state index in [0.29, 0.717) is 23.7 Å². The van der Waals surface area contributed by atoms with E-state index < -0.39 is 28.5 Å². The Morgan fingerprint density at radius 2 is 1.83 bits per heavy atom. The average molecular weight is 501 g/mol. The molecule has 1 aromatic heterocycles. The van der Waals surface area contributed by atoms with Crippen LogP contribution in [0.3, 0.4) is 0 Å². The average Bonchev–Trinajstić information content (AvgIpc) is 3.18. The molecule has 1 aliphatic heterocycles. The predicted molar refractivity (Wildman–Crippen MR) is 114 cm³/mol. The number of nitrogens with one attached hydrogen (secondary N) is 1. The van der Waals surface area contributed by atoms with Crippen LogP contribution in [-0.2, 0) is 30.8 Å². The number of ether oxygens (including phenoxy) is 1. The molecule has 1 amide bonds. The third-order valence-electron chi connectivity index (χ3n) is 4.38. The summed E-state index contributed by atoms with van der Waals surface area (Å²) in [5.41, 5.74) is 0.583. The number of esters is 1. The Bertz CT molecular complexity index is 984. The molecule has 2 aromatic rings. The summed E-state index contributed by atoms with van der Waals surface area (Å²) in [6, 6.07) is 10.2. The summed E-state index contributed by atoms with van der Waals surface area (Å²) in [5.74, 6) is -1.04. The second-order valence-electron chi connectivity index (χ2n) is 6.55. The number of rotatable bonds is 7. The normalized spacial score (nSPS) is 15.1. The lowest BCUT2D eigenvalue weighted by Gasteiger charge is -2.25. The largest absolute Gasteiger partial charge is 0.455 e. The predicted octanol–water partition coefficient (Wildman–Crippen LogP) is 3.41. The highest BCUT2D eigenvalue weighted by Crippen LogP contribution is 2.27. The van der Waals surface area contributed by atoms with Gasteiger partial charge in [-0.3, -0.25) is 9.59 Å². The Morgan fingerprint density at radius 3 is 2.55 bits per heavy atom. The summed E-state index contributed by atoms with van der Waals surface area (Å²) in [6.45, 7) is 0.652. The van der Waals surface area contributed by atoms with Crippen LogP contribution in [0.15, 0.2) is 45.1 Å². The van der Waals surface area contributed by atoms with Crippen molar-refractivity contribution in [2.75, 3.05) is 25.0 Å². The molecule has 156 valence electrons. The molecule has 0 aliphatic carbocycles. The van der Waals surface area contributed by atoms with Crippen molar-refractivity contribution in [1.82, 2.24) is 4.31 Å². The number of carbonyl (C=O) groups excluding carboxylic acids is 2. The number of carbonyl (C=O) groups is 2. The van der Waals surface area contributed by atoms with E-state index in [-0.39, 0.29) is 10.6 Å². The first-order valence-corrected chi connectivity index (χ1v) is 12.2. The van der Waals surface area contributed by atoms with Gasteiger partial charge >= 0.3 is 5.97 Å². The Morgan fingerprint density at radius 1 is 1.10 bits per heavy atom. The molecule has 0 atom stereocenters. The fourth-order valence-electron chi connectivity index (χ4n) is 2.91. The summed E-state index contributed by atoms with van der Waals surface area (Å²) in [7, 11) is -3.51. The number of hydrogen-bond donors (Lipinski definition) is 1. The zero-order chi connectivity index (χ0) is 20.9. The Balaban J connectivity index is 1.51. The molecule has 0 bridgehead atoms. The molecule has 29 heavy (non-hydrogen) atoms. The van der Waals surface area contributed by atoms with Crippen molar-refractivity contribution < 1.29 is 22.7 Å². The number of hydrogen-bond acceptors (Lipinski definition) is 6. The first kappa shape index (κ1) is 21.9. The molecule has 0 spiro atoms. The number of para-hydroxylation sites is 1. The molecule has 1 aromatic carbocycles. The highest BCUT2D eigenvalue weighted by Gasteiger charge is 2.27. The Kier molecular flexibility index (Phi) is 7.44. The van der Waals surface area contributed by atoms with Crippen LogP contribution in [0.5, 0.6) is 0 Å². The van der Waals surface area contributed by atoms with Gasteiger partial charge in [-0.1, -0.05) is 18.6 Å². The smallest absolute Gasteiger partial charge is 0.311 e. The zero-order valence-electron chi connectivity index (χ0n) is 15.6. The maximum atomic E-state index is 12.7. The SMILES string of the molecule is O=C(COC(=O)Cc1ccc(S(=O)(=O)N2CCCCC2)s1)Nc1ccccc1Br. The van der Waals surface area contributed by atoms with Crippen LogP contribution < -0.4 is 5.32 Å². The van der Waals surface area contributed by atoms with Gasteiger partial charge in [0, 0.05) is 22.4 Å². The zero-order valence-corrected chi connectivity index (χ0v) is 18.8. The molecule has 0 radical (unpaired) electrons. The molecule has 3 rings (SSSR count). The number of nitrogens with zero attached hydrogens (tertiary/aromatic N) is 1. The minimum atomic E-state index is -3.51. The van der Waals surface area contributed by atoms with E-state index in [9.17, 15) is 18.0 Å².